The number of aromatic nitrogens is 3. The number of nitrogens with zero attached hydrogens (tertiary/aromatic N) is 4. The van der Waals surface area contributed by atoms with Crippen LogP contribution in [0.2, 0.25) is 0 Å². The lowest BCUT2D eigenvalue weighted by molar-refractivity contribution is 0.0690. The molecule has 0 aromatic carbocycles. The van der Waals surface area contributed by atoms with Crippen molar-refractivity contribution in [2.24, 2.45) is 5.92 Å². The maximum absolute atomic E-state index is 10.7. The van der Waals surface area contributed by atoms with E-state index in [1.54, 1.807) is 4.68 Å². The van der Waals surface area contributed by atoms with Gasteiger partial charge in [-0.05, 0) is 31.7 Å². The Morgan fingerprint density at radius 1 is 1.32 bits per heavy atom. The van der Waals surface area contributed by atoms with Gasteiger partial charge in [0.15, 0.2) is 5.69 Å². The lowest BCUT2D eigenvalue weighted by Crippen LogP contribution is -2.36. The highest BCUT2D eigenvalue weighted by Crippen LogP contribution is 2.35. The average Bonchev–Trinajstić information content (AvgIpc) is 3.03. The van der Waals surface area contributed by atoms with Crippen molar-refractivity contribution in [3.8, 4) is 0 Å². The van der Waals surface area contributed by atoms with Crippen LogP contribution < -0.4 is 0 Å². The van der Waals surface area contributed by atoms with Gasteiger partial charge >= 0.3 is 5.97 Å². The van der Waals surface area contributed by atoms with E-state index in [1.807, 2.05) is 0 Å². The summed E-state index contributed by atoms with van der Waals surface area (Å²) in [6, 6.07) is 0.746. The van der Waals surface area contributed by atoms with Crippen molar-refractivity contribution in [1.82, 2.24) is 19.9 Å². The van der Waals surface area contributed by atoms with Gasteiger partial charge in [-0.1, -0.05) is 18.1 Å². The van der Waals surface area contributed by atoms with Gasteiger partial charge in [-0.2, -0.15) is 0 Å². The van der Waals surface area contributed by atoms with Crippen LogP contribution in [-0.2, 0) is 6.54 Å². The molecule has 2 atom stereocenters. The van der Waals surface area contributed by atoms with Gasteiger partial charge < -0.3 is 5.11 Å². The fourth-order valence-corrected chi connectivity index (χ4v) is 3.52. The summed E-state index contributed by atoms with van der Waals surface area (Å²) >= 11 is 0. The minimum Gasteiger partial charge on any atom is -0.476 e. The number of carboxylic acids is 1. The molecule has 1 aromatic heterocycles. The number of carbonyl (C=O) groups is 1. The molecule has 0 amide bonds. The predicted octanol–water partition coefficient (Wildman–Crippen LogP) is 1.24. The van der Waals surface area contributed by atoms with Crippen LogP contribution in [0.3, 0.4) is 0 Å². The summed E-state index contributed by atoms with van der Waals surface area (Å²) < 4.78 is 1.64. The molecule has 0 spiro atoms. The number of likely N-dealkylation sites (tertiary alicyclic amines) is 1. The van der Waals surface area contributed by atoms with Crippen molar-refractivity contribution in [3.63, 3.8) is 0 Å². The second-order valence-electron chi connectivity index (χ2n) is 5.61. The standard InChI is InChI=1S/C13H20N4O2/c18-13(19)11-9-17(15-14-11)8-7-16-6-5-10-3-1-2-4-12(10)16/h9-10,12H,1-8H2,(H,18,19). The van der Waals surface area contributed by atoms with E-state index in [9.17, 15) is 4.79 Å². The van der Waals surface area contributed by atoms with E-state index >= 15 is 0 Å². The van der Waals surface area contributed by atoms with Crippen molar-refractivity contribution in [2.45, 2.75) is 44.7 Å². The first-order valence-corrected chi connectivity index (χ1v) is 7.11. The smallest absolute Gasteiger partial charge is 0.358 e. The lowest BCUT2D eigenvalue weighted by atomic mass is 9.85. The van der Waals surface area contributed by atoms with E-state index < -0.39 is 5.97 Å². The molecule has 6 nitrogen and oxygen atoms in total. The summed E-state index contributed by atoms with van der Waals surface area (Å²) in [6.07, 6.45) is 8.28. The summed E-state index contributed by atoms with van der Waals surface area (Å²) in [4.78, 5) is 13.3. The molecule has 2 aliphatic rings. The highest BCUT2D eigenvalue weighted by Gasteiger charge is 2.35. The largest absolute Gasteiger partial charge is 0.476 e. The SMILES string of the molecule is O=C(O)c1cn(CCN2CCC3CCCCC32)nn1. The van der Waals surface area contributed by atoms with Crippen molar-refractivity contribution < 1.29 is 9.90 Å². The van der Waals surface area contributed by atoms with Gasteiger partial charge in [0.2, 0.25) is 0 Å². The minimum atomic E-state index is -1.01. The van der Waals surface area contributed by atoms with Gasteiger partial charge in [0.1, 0.15) is 0 Å². The van der Waals surface area contributed by atoms with E-state index in [0.717, 1.165) is 25.0 Å². The Labute approximate surface area is 112 Å². The second kappa shape index (κ2) is 5.28. The average molecular weight is 264 g/mol. The third-order valence-corrected chi connectivity index (χ3v) is 4.50. The van der Waals surface area contributed by atoms with Crippen LogP contribution in [0.25, 0.3) is 0 Å². The Hall–Kier alpha value is -1.43. The fraction of sp³-hybridized carbons (Fsp3) is 0.769. The molecule has 104 valence electrons. The molecule has 1 aromatic rings. The first-order chi connectivity index (χ1) is 9.24. The second-order valence-corrected chi connectivity index (χ2v) is 5.61. The van der Waals surface area contributed by atoms with Crippen LogP contribution in [-0.4, -0.2) is 50.1 Å². The molecule has 19 heavy (non-hydrogen) atoms. The molecule has 0 radical (unpaired) electrons. The highest BCUT2D eigenvalue weighted by atomic mass is 16.4. The summed E-state index contributed by atoms with van der Waals surface area (Å²) in [7, 11) is 0. The Balaban J connectivity index is 1.55. The van der Waals surface area contributed by atoms with Crippen LogP contribution in [0, 0.1) is 5.92 Å². The van der Waals surface area contributed by atoms with Gasteiger partial charge in [0, 0.05) is 12.6 Å². The normalized spacial score (nSPS) is 27.4. The number of aromatic carboxylic acids is 1. The minimum absolute atomic E-state index is 0.0250. The lowest BCUT2D eigenvalue weighted by Gasteiger charge is -2.31. The quantitative estimate of drug-likeness (QED) is 0.886. The van der Waals surface area contributed by atoms with Crippen LogP contribution in [0.5, 0.6) is 0 Å². The highest BCUT2D eigenvalue weighted by molar-refractivity contribution is 5.84. The van der Waals surface area contributed by atoms with Gasteiger partial charge in [-0.15, -0.1) is 5.10 Å². The third-order valence-electron chi connectivity index (χ3n) is 4.50. The Morgan fingerprint density at radius 2 is 2.16 bits per heavy atom. The van der Waals surface area contributed by atoms with Crippen LogP contribution in [0.4, 0.5) is 0 Å². The number of carboxylic acid groups (broad SMARTS) is 1. The number of hydrogen-bond acceptors (Lipinski definition) is 4. The number of hydrogen-bond donors (Lipinski definition) is 1. The molecule has 1 saturated carbocycles. The van der Waals surface area contributed by atoms with Crippen molar-refractivity contribution in [1.29, 1.82) is 0 Å². The Kier molecular flexibility index (Phi) is 3.50. The molecule has 1 saturated heterocycles. The third kappa shape index (κ3) is 2.63. The molecule has 1 aliphatic carbocycles. The zero-order valence-corrected chi connectivity index (χ0v) is 11.0. The molecular weight excluding hydrogens is 244 g/mol. The van der Waals surface area contributed by atoms with Crippen LogP contribution in [0.1, 0.15) is 42.6 Å². The summed E-state index contributed by atoms with van der Waals surface area (Å²) in [5, 5.41) is 16.3. The summed E-state index contributed by atoms with van der Waals surface area (Å²) in [5.41, 5.74) is 0.0250. The van der Waals surface area contributed by atoms with E-state index in [4.69, 9.17) is 5.11 Å². The van der Waals surface area contributed by atoms with Crippen molar-refractivity contribution in [3.05, 3.63) is 11.9 Å². The van der Waals surface area contributed by atoms with Gasteiger partial charge in [-0.25, -0.2) is 4.79 Å². The molecule has 2 heterocycles. The maximum atomic E-state index is 10.7. The predicted molar refractivity (Wildman–Crippen MR) is 68.9 cm³/mol. The molecule has 1 N–H and O–H groups in total. The van der Waals surface area contributed by atoms with Gasteiger partial charge in [0.05, 0.1) is 12.7 Å². The van der Waals surface area contributed by atoms with E-state index in [1.165, 1.54) is 44.8 Å². The zero-order chi connectivity index (χ0) is 13.2. The molecule has 3 rings (SSSR count). The molecule has 6 heteroatoms. The Morgan fingerprint density at radius 3 is 2.95 bits per heavy atom. The summed E-state index contributed by atoms with van der Waals surface area (Å²) in [5.74, 6) is -0.126. The van der Waals surface area contributed by atoms with Crippen molar-refractivity contribution in [2.75, 3.05) is 13.1 Å². The van der Waals surface area contributed by atoms with Crippen LogP contribution in [0.15, 0.2) is 6.20 Å². The van der Waals surface area contributed by atoms with Gasteiger partial charge in [-0.3, -0.25) is 9.58 Å². The van der Waals surface area contributed by atoms with Gasteiger partial charge in [0.25, 0.3) is 0 Å². The first-order valence-electron chi connectivity index (χ1n) is 7.11. The maximum Gasteiger partial charge on any atom is 0.358 e. The number of rotatable bonds is 4. The topological polar surface area (TPSA) is 71.2 Å². The van der Waals surface area contributed by atoms with Crippen molar-refractivity contribution >= 4 is 5.97 Å². The van der Waals surface area contributed by atoms with Crippen LogP contribution >= 0.6 is 0 Å². The summed E-state index contributed by atoms with van der Waals surface area (Å²) in [6.45, 7) is 2.85. The molecule has 1 aliphatic heterocycles. The fourth-order valence-electron chi connectivity index (χ4n) is 3.52. The first kappa shape index (κ1) is 12.6. The molecule has 0 bridgehead atoms. The Bertz CT molecular complexity index is 459. The monoisotopic (exact) mass is 264 g/mol. The van der Waals surface area contributed by atoms with E-state index in [-0.39, 0.29) is 5.69 Å². The molecular formula is C13H20N4O2. The van der Waals surface area contributed by atoms with E-state index in [0.29, 0.717) is 0 Å². The van der Waals surface area contributed by atoms with E-state index in [2.05, 4.69) is 15.2 Å². The molecule has 2 fully saturated rings. The zero-order valence-electron chi connectivity index (χ0n) is 11.0. The molecule has 2 unspecified atom stereocenters. The number of fused-ring (bicyclic) bond motifs is 1.